The monoisotopic (exact) mass is 263 g/mol. The van der Waals surface area contributed by atoms with Crippen molar-refractivity contribution >= 4 is 11.6 Å². The molecule has 1 amide bonds. The van der Waals surface area contributed by atoms with E-state index in [1.165, 1.54) is 5.56 Å². The second-order valence-electron chi connectivity index (χ2n) is 4.70. The summed E-state index contributed by atoms with van der Waals surface area (Å²) < 4.78 is 0. The Labute approximate surface area is 116 Å². The topological polar surface area (TPSA) is 58.4 Å². The largest absolute Gasteiger partial charge is 0.362 e. The van der Waals surface area contributed by atoms with Gasteiger partial charge in [-0.05, 0) is 37.9 Å². The van der Waals surface area contributed by atoms with E-state index in [0.717, 1.165) is 31.6 Å². The maximum absolute atomic E-state index is 11.9. The summed E-state index contributed by atoms with van der Waals surface area (Å²) in [5.41, 5.74) is 7.87. The molecule has 19 heavy (non-hydrogen) atoms. The van der Waals surface area contributed by atoms with Crippen molar-refractivity contribution in [2.45, 2.75) is 26.7 Å². The summed E-state index contributed by atoms with van der Waals surface area (Å²) in [4.78, 5) is 14.0. The summed E-state index contributed by atoms with van der Waals surface area (Å²) in [6, 6.07) is 8.13. The minimum atomic E-state index is 0.0714. The van der Waals surface area contributed by atoms with Gasteiger partial charge in [-0.2, -0.15) is 0 Å². The lowest BCUT2D eigenvalue weighted by Crippen LogP contribution is -2.38. The predicted molar refractivity (Wildman–Crippen MR) is 80.4 cm³/mol. The van der Waals surface area contributed by atoms with E-state index < -0.39 is 0 Å². The highest BCUT2D eigenvalue weighted by atomic mass is 16.2. The Morgan fingerprint density at radius 3 is 2.74 bits per heavy atom. The van der Waals surface area contributed by atoms with Crippen LogP contribution in [0.25, 0.3) is 0 Å². The van der Waals surface area contributed by atoms with Crippen LogP contribution in [0, 0.1) is 6.92 Å². The maximum Gasteiger partial charge on any atom is 0.239 e. The van der Waals surface area contributed by atoms with Crippen LogP contribution in [0.15, 0.2) is 24.3 Å². The summed E-state index contributed by atoms with van der Waals surface area (Å²) in [5.74, 6) is 0.0714. The van der Waals surface area contributed by atoms with Gasteiger partial charge < -0.3 is 16.0 Å². The molecule has 1 aromatic carbocycles. The molecule has 0 aromatic heterocycles. The van der Waals surface area contributed by atoms with Crippen LogP contribution in [0.1, 0.15) is 25.3 Å². The molecule has 4 heteroatoms. The SMILES string of the molecule is CCCNC(=O)CN(CCCN)c1ccccc1C. The molecule has 0 aliphatic heterocycles. The number of hydrogen-bond acceptors (Lipinski definition) is 3. The molecule has 0 atom stereocenters. The number of nitrogens with one attached hydrogen (secondary N) is 1. The van der Waals surface area contributed by atoms with Crippen LogP contribution < -0.4 is 16.0 Å². The van der Waals surface area contributed by atoms with Crippen molar-refractivity contribution < 1.29 is 4.79 Å². The van der Waals surface area contributed by atoms with Crippen molar-refractivity contribution in [1.82, 2.24) is 5.32 Å². The molecule has 3 N–H and O–H groups in total. The third-order valence-electron chi connectivity index (χ3n) is 2.99. The van der Waals surface area contributed by atoms with Crippen molar-refractivity contribution in [2.75, 3.05) is 31.1 Å². The van der Waals surface area contributed by atoms with Gasteiger partial charge in [0.25, 0.3) is 0 Å². The van der Waals surface area contributed by atoms with Crippen LogP contribution >= 0.6 is 0 Å². The fraction of sp³-hybridized carbons (Fsp3) is 0.533. The number of hydrogen-bond donors (Lipinski definition) is 2. The van der Waals surface area contributed by atoms with Gasteiger partial charge in [0.2, 0.25) is 5.91 Å². The Bertz CT molecular complexity index is 393. The minimum Gasteiger partial charge on any atom is -0.362 e. The number of rotatable bonds is 8. The number of amides is 1. The van der Waals surface area contributed by atoms with Crippen molar-refractivity contribution in [3.05, 3.63) is 29.8 Å². The average molecular weight is 263 g/mol. The first-order valence-electron chi connectivity index (χ1n) is 6.96. The first kappa shape index (κ1) is 15.5. The Morgan fingerprint density at radius 1 is 1.37 bits per heavy atom. The van der Waals surface area contributed by atoms with Gasteiger partial charge in [-0.3, -0.25) is 4.79 Å². The normalized spacial score (nSPS) is 10.3. The lowest BCUT2D eigenvalue weighted by molar-refractivity contribution is -0.119. The smallest absolute Gasteiger partial charge is 0.239 e. The molecule has 0 aliphatic carbocycles. The Morgan fingerprint density at radius 2 is 2.11 bits per heavy atom. The van der Waals surface area contributed by atoms with Crippen LogP contribution in [0.4, 0.5) is 5.69 Å². The van der Waals surface area contributed by atoms with Gasteiger partial charge in [-0.1, -0.05) is 25.1 Å². The van der Waals surface area contributed by atoms with Gasteiger partial charge in [-0.25, -0.2) is 0 Å². The fourth-order valence-corrected chi connectivity index (χ4v) is 1.98. The van der Waals surface area contributed by atoms with E-state index in [4.69, 9.17) is 5.73 Å². The summed E-state index contributed by atoms with van der Waals surface area (Å²) in [5, 5.41) is 2.92. The lowest BCUT2D eigenvalue weighted by Gasteiger charge is -2.25. The van der Waals surface area contributed by atoms with Crippen molar-refractivity contribution in [1.29, 1.82) is 0 Å². The first-order chi connectivity index (χ1) is 9.19. The number of anilines is 1. The summed E-state index contributed by atoms with van der Waals surface area (Å²) in [6.45, 7) is 6.69. The molecule has 1 rings (SSSR count). The molecule has 0 spiro atoms. The second-order valence-corrected chi connectivity index (χ2v) is 4.70. The number of carbonyl (C=O) groups excluding carboxylic acids is 1. The number of nitrogens with zero attached hydrogens (tertiary/aromatic N) is 1. The second kappa shape index (κ2) is 8.53. The highest BCUT2D eigenvalue weighted by Gasteiger charge is 2.12. The van der Waals surface area contributed by atoms with Crippen LogP contribution in [-0.2, 0) is 4.79 Å². The van der Waals surface area contributed by atoms with Crippen LogP contribution in [-0.4, -0.2) is 32.1 Å². The van der Waals surface area contributed by atoms with E-state index in [9.17, 15) is 4.79 Å². The summed E-state index contributed by atoms with van der Waals surface area (Å²) in [7, 11) is 0. The molecule has 0 fully saturated rings. The Hall–Kier alpha value is -1.55. The third-order valence-corrected chi connectivity index (χ3v) is 2.99. The number of carbonyl (C=O) groups is 1. The van der Waals surface area contributed by atoms with Gasteiger partial charge >= 0.3 is 0 Å². The molecule has 0 heterocycles. The molecule has 0 unspecified atom stereocenters. The zero-order chi connectivity index (χ0) is 14.1. The quantitative estimate of drug-likeness (QED) is 0.750. The van der Waals surface area contributed by atoms with E-state index in [2.05, 4.69) is 29.3 Å². The van der Waals surface area contributed by atoms with Crippen LogP contribution in [0.5, 0.6) is 0 Å². The minimum absolute atomic E-state index is 0.0714. The highest BCUT2D eigenvalue weighted by Crippen LogP contribution is 2.19. The predicted octanol–water partition coefficient (Wildman–Crippen LogP) is 1.68. The van der Waals surface area contributed by atoms with Gasteiger partial charge in [0.15, 0.2) is 0 Å². The Balaban J connectivity index is 2.71. The molecular weight excluding hydrogens is 238 g/mol. The van der Waals surface area contributed by atoms with Crippen molar-refractivity contribution in [3.63, 3.8) is 0 Å². The standard InChI is InChI=1S/C15H25N3O/c1-3-10-17-15(19)12-18(11-6-9-16)14-8-5-4-7-13(14)2/h4-5,7-8H,3,6,9-12,16H2,1-2H3,(H,17,19). The molecule has 0 saturated heterocycles. The maximum atomic E-state index is 11.9. The molecule has 0 radical (unpaired) electrons. The van der Waals surface area contributed by atoms with E-state index in [1.807, 2.05) is 19.1 Å². The van der Waals surface area contributed by atoms with Crippen molar-refractivity contribution in [3.8, 4) is 0 Å². The number of nitrogens with two attached hydrogens (primary N) is 1. The fourth-order valence-electron chi connectivity index (χ4n) is 1.98. The number of aryl methyl sites for hydroxylation is 1. The third kappa shape index (κ3) is 5.30. The number of benzene rings is 1. The van der Waals surface area contributed by atoms with Gasteiger partial charge in [0.1, 0.15) is 0 Å². The molecule has 4 nitrogen and oxygen atoms in total. The first-order valence-corrected chi connectivity index (χ1v) is 6.96. The summed E-state index contributed by atoms with van der Waals surface area (Å²) >= 11 is 0. The number of para-hydroxylation sites is 1. The molecule has 106 valence electrons. The van der Waals surface area contributed by atoms with Crippen LogP contribution in [0.2, 0.25) is 0 Å². The van der Waals surface area contributed by atoms with Gasteiger partial charge in [0.05, 0.1) is 6.54 Å². The van der Waals surface area contributed by atoms with E-state index in [-0.39, 0.29) is 5.91 Å². The molecular formula is C15H25N3O. The molecule has 0 saturated carbocycles. The van der Waals surface area contributed by atoms with E-state index in [1.54, 1.807) is 0 Å². The van der Waals surface area contributed by atoms with Gasteiger partial charge in [-0.15, -0.1) is 0 Å². The molecule has 0 aliphatic rings. The summed E-state index contributed by atoms with van der Waals surface area (Å²) in [6.07, 6.45) is 1.84. The molecule has 1 aromatic rings. The zero-order valence-electron chi connectivity index (χ0n) is 12.0. The molecule has 0 bridgehead atoms. The zero-order valence-corrected chi connectivity index (χ0v) is 12.0. The highest BCUT2D eigenvalue weighted by molar-refractivity contribution is 5.81. The van der Waals surface area contributed by atoms with E-state index in [0.29, 0.717) is 13.1 Å². The van der Waals surface area contributed by atoms with Crippen LogP contribution in [0.3, 0.4) is 0 Å². The lowest BCUT2D eigenvalue weighted by atomic mass is 10.1. The van der Waals surface area contributed by atoms with Gasteiger partial charge in [0, 0.05) is 18.8 Å². The van der Waals surface area contributed by atoms with Crippen molar-refractivity contribution in [2.24, 2.45) is 5.73 Å². The average Bonchev–Trinajstić information content (AvgIpc) is 2.42. The Kier molecular flexibility index (Phi) is 6.97. The van der Waals surface area contributed by atoms with E-state index >= 15 is 0 Å².